The molecule has 0 amide bonds. The summed E-state index contributed by atoms with van der Waals surface area (Å²) in [4.78, 5) is 0. The summed E-state index contributed by atoms with van der Waals surface area (Å²) in [6.07, 6.45) is 0. The number of benzene rings is 2. The molecule has 0 radical (unpaired) electrons. The van der Waals surface area contributed by atoms with E-state index in [4.69, 9.17) is 27.3 Å². The third-order valence-corrected chi connectivity index (χ3v) is 2.42. The van der Waals surface area contributed by atoms with Crippen molar-refractivity contribution >= 4 is 17.3 Å². The first kappa shape index (κ1) is 11.3. The largest absolute Gasteiger partial charge is 0.455 e. The average molecular weight is 245 g/mol. The lowest BCUT2D eigenvalue weighted by molar-refractivity contribution is 0.485. The van der Waals surface area contributed by atoms with Crippen molar-refractivity contribution < 1.29 is 4.74 Å². The Balaban J connectivity index is 2.25. The van der Waals surface area contributed by atoms with E-state index in [2.05, 4.69) is 0 Å². The average Bonchev–Trinajstić information content (AvgIpc) is 2.35. The zero-order chi connectivity index (χ0) is 12.3. The number of nitrogen functional groups attached to an aromatic ring is 1. The Labute approximate surface area is 104 Å². The summed E-state index contributed by atoms with van der Waals surface area (Å²) in [7, 11) is 0. The molecule has 84 valence electrons. The van der Waals surface area contributed by atoms with Crippen LogP contribution >= 0.6 is 11.6 Å². The molecule has 2 rings (SSSR count). The molecule has 0 bridgehead atoms. The molecule has 0 aromatic heterocycles. The molecule has 17 heavy (non-hydrogen) atoms. The van der Waals surface area contributed by atoms with Gasteiger partial charge in [0.2, 0.25) is 0 Å². The lowest BCUT2D eigenvalue weighted by Gasteiger charge is -2.08. The Morgan fingerprint density at radius 3 is 2.47 bits per heavy atom. The molecule has 2 aromatic rings. The Bertz CT molecular complexity index is 573. The molecule has 0 saturated heterocycles. The van der Waals surface area contributed by atoms with E-state index >= 15 is 0 Å². The molecular formula is C13H9ClN2O. The van der Waals surface area contributed by atoms with Crippen LogP contribution < -0.4 is 10.5 Å². The third kappa shape index (κ3) is 2.68. The monoisotopic (exact) mass is 244 g/mol. The predicted octanol–water partition coefficient (Wildman–Crippen LogP) is 3.59. The van der Waals surface area contributed by atoms with Crippen molar-refractivity contribution in [2.75, 3.05) is 5.73 Å². The van der Waals surface area contributed by atoms with Gasteiger partial charge in [-0.15, -0.1) is 0 Å². The summed E-state index contributed by atoms with van der Waals surface area (Å²) in [5.74, 6) is 1.11. The van der Waals surface area contributed by atoms with Crippen LogP contribution in [0.3, 0.4) is 0 Å². The number of hydrogen-bond donors (Lipinski definition) is 1. The smallest absolute Gasteiger partial charge is 0.151 e. The highest BCUT2D eigenvalue weighted by molar-refractivity contribution is 6.30. The van der Waals surface area contributed by atoms with Crippen LogP contribution in [0.2, 0.25) is 5.02 Å². The summed E-state index contributed by atoms with van der Waals surface area (Å²) >= 11 is 5.85. The summed E-state index contributed by atoms with van der Waals surface area (Å²) in [6, 6.07) is 13.8. The van der Waals surface area contributed by atoms with Crippen molar-refractivity contribution in [1.82, 2.24) is 0 Å². The third-order valence-electron chi connectivity index (χ3n) is 2.19. The normalized spacial score (nSPS) is 9.65. The van der Waals surface area contributed by atoms with Crippen LogP contribution in [0.4, 0.5) is 5.69 Å². The van der Waals surface area contributed by atoms with Gasteiger partial charge in [0.05, 0.1) is 17.3 Å². The second kappa shape index (κ2) is 4.77. The summed E-state index contributed by atoms with van der Waals surface area (Å²) in [5, 5.41) is 9.23. The first-order valence-electron chi connectivity index (χ1n) is 4.92. The SMILES string of the molecule is N#Cc1ccc(Oc2cc(Cl)ccc2N)cc1. The molecule has 3 nitrogen and oxygen atoms in total. The Morgan fingerprint density at radius 1 is 1.12 bits per heavy atom. The summed E-state index contributed by atoms with van der Waals surface area (Å²) in [5.41, 5.74) is 6.85. The van der Waals surface area contributed by atoms with Gasteiger partial charge in [0.15, 0.2) is 5.75 Å². The van der Waals surface area contributed by atoms with Gasteiger partial charge in [-0.3, -0.25) is 0 Å². The number of nitrogens with two attached hydrogens (primary N) is 1. The zero-order valence-corrected chi connectivity index (χ0v) is 9.61. The maximum atomic E-state index is 8.67. The fourth-order valence-corrected chi connectivity index (χ4v) is 1.48. The van der Waals surface area contributed by atoms with Crippen LogP contribution in [-0.4, -0.2) is 0 Å². The van der Waals surface area contributed by atoms with E-state index < -0.39 is 0 Å². The van der Waals surface area contributed by atoms with Gasteiger partial charge >= 0.3 is 0 Å². The van der Waals surface area contributed by atoms with Crippen LogP contribution in [0.5, 0.6) is 11.5 Å². The number of ether oxygens (including phenoxy) is 1. The van der Waals surface area contributed by atoms with Crippen LogP contribution in [-0.2, 0) is 0 Å². The van der Waals surface area contributed by atoms with Crippen molar-refractivity contribution in [3.8, 4) is 17.6 Å². The first-order valence-corrected chi connectivity index (χ1v) is 5.30. The summed E-state index contributed by atoms with van der Waals surface area (Å²) < 4.78 is 5.57. The lowest BCUT2D eigenvalue weighted by atomic mass is 10.2. The maximum Gasteiger partial charge on any atom is 0.151 e. The molecule has 0 unspecified atom stereocenters. The van der Waals surface area contributed by atoms with Crippen LogP contribution in [0, 0.1) is 11.3 Å². The van der Waals surface area contributed by atoms with Gasteiger partial charge in [0.1, 0.15) is 5.75 Å². The minimum Gasteiger partial charge on any atom is -0.455 e. The number of halogens is 1. The van der Waals surface area contributed by atoms with E-state index in [0.29, 0.717) is 27.8 Å². The highest BCUT2D eigenvalue weighted by Crippen LogP contribution is 2.30. The molecule has 0 aliphatic carbocycles. The summed E-state index contributed by atoms with van der Waals surface area (Å²) in [6.45, 7) is 0. The van der Waals surface area contributed by atoms with Crippen LogP contribution in [0.1, 0.15) is 5.56 Å². The van der Waals surface area contributed by atoms with Gasteiger partial charge < -0.3 is 10.5 Å². The van der Waals surface area contributed by atoms with Gasteiger partial charge in [-0.25, -0.2) is 0 Å². The van der Waals surface area contributed by atoms with Gasteiger partial charge in [-0.05, 0) is 36.4 Å². The molecule has 0 aliphatic heterocycles. The van der Waals surface area contributed by atoms with Gasteiger partial charge in [-0.2, -0.15) is 5.26 Å². The molecule has 0 saturated carbocycles. The standard InChI is InChI=1S/C13H9ClN2O/c14-10-3-6-12(16)13(7-10)17-11-4-1-9(8-15)2-5-11/h1-7H,16H2. The lowest BCUT2D eigenvalue weighted by Crippen LogP contribution is -1.91. The molecule has 2 aromatic carbocycles. The van der Waals surface area contributed by atoms with Crippen molar-refractivity contribution in [2.24, 2.45) is 0 Å². The first-order chi connectivity index (χ1) is 8.19. The minimum atomic E-state index is 0.502. The second-order valence-corrected chi connectivity index (χ2v) is 3.86. The topological polar surface area (TPSA) is 59.0 Å². The molecule has 0 atom stereocenters. The number of hydrogen-bond acceptors (Lipinski definition) is 3. The molecule has 0 aliphatic rings. The molecule has 0 heterocycles. The van der Waals surface area contributed by atoms with Gasteiger partial charge in [0, 0.05) is 11.1 Å². The highest BCUT2D eigenvalue weighted by atomic mass is 35.5. The van der Waals surface area contributed by atoms with Crippen LogP contribution in [0.15, 0.2) is 42.5 Å². The van der Waals surface area contributed by atoms with E-state index in [1.54, 1.807) is 42.5 Å². The van der Waals surface area contributed by atoms with Gasteiger partial charge in [0.25, 0.3) is 0 Å². The number of anilines is 1. The number of nitrogens with zero attached hydrogens (tertiary/aromatic N) is 1. The fourth-order valence-electron chi connectivity index (χ4n) is 1.32. The van der Waals surface area contributed by atoms with Crippen molar-refractivity contribution in [3.05, 3.63) is 53.1 Å². The zero-order valence-electron chi connectivity index (χ0n) is 8.85. The van der Waals surface area contributed by atoms with Crippen molar-refractivity contribution in [2.45, 2.75) is 0 Å². The molecule has 0 fully saturated rings. The highest BCUT2D eigenvalue weighted by Gasteiger charge is 2.03. The Morgan fingerprint density at radius 2 is 1.82 bits per heavy atom. The molecular weight excluding hydrogens is 236 g/mol. The second-order valence-electron chi connectivity index (χ2n) is 3.42. The fraction of sp³-hybridized carbons (Fsp3) is 0. The quantitative estimate of drug-likeness (QED) is 0.822. The van der Waals surface area contributed by atoms with E-state index in [1.165, 1.54) is 0 Å². The molecule has 2 N–H and O–H groups in total. The Kier molecular flexibility index (Phi) is 3.17. The van der Waals surface area contributed by atoms with E-state index in [0.717, 1.165) is 0 Å². The number of rotatable bonds is 2. The van der Waals surface area contributed by atoms with Crippen molar-refractivity contribution in [3.63, 3.8) is 0 Å². The van der Waals surface area contributed by atoms with Crippen molar-refractivity contribution in [1.29, 1.82) is 5.26 Å². The van der Waals surface area contributed by atoms with Gasteiger partial charge in [-0.1, -0.05) is 11.6 Å². The molecule has 4 heteroatoms. The van der Waals surface area contributed by atoms with E-state index in [1.807, 2.05) is 6.07 Å². The predicted molar refractivity (Wildman–Crippen MR) is 67.1 cm³/mol. The molecule has 0 spiro atoms. The minimum absolute atomic E-state index is 0.502. The van der Waals surface area contributed by atoms with Crippen LogP contribution in [0.25, 0.3) is 0 Å². The Hall–Kier alpha value is -2.18. The van der Waals surface area contributed by atoms with E-state index in [9.17, 15) is 0 Å². The number of nitriles is 1. The van der Waals surface area contributed by atoms with E-state index in [-0.39, 0.29) is 0 Å². The maximum absolute atomic E-state index is 8.67.